The molecule has 6 nitrogen and oxygen atoms in total. The number of benzene rings is 2. The fourth-order valence-electron chi connectivity index (χ4n) is 3.24. The molecule has 1 atom stereocenters. The highest BCUT2D eigenvalue weighted by molar-refractivity contribution is 5.84. The number of non-ortho nitro benzene ring substituents is 1. The molecule has 0 saturated heterocycles. The summed E-state index contributed by atoms with van der Waals surface area (Å²) < 4.78 is 0. The van der Waals surface area contributed by atoms with E-state index in [0.717, 1.165) is 30.5 Å². The topological polar surface area (TPSA) is 84.3 Å². The van der Waals surface area contributed by atoms with Crippen LogP contribution in [0.5, 0.6) is 0 Å². The number of nitro groups is 1. The van der Waals surface area contributed by atoms with E-state index in [2.05, 4.69) is 16.7 Å². The molecule has 2 aromatic carbocycles. The van der Waals surface area contributed by atoms with Gasteiger partial charge >= 0.3 is 0 Å². The Morgan fingerprint density at radius 1 is 1.12 bits per heavy atom. The zero-order valence-electron chi connectivity index (χ0n) is 13.9. The highest BCUT2D eigenvalue weighted by Crippen LogP contribution is 2.31. The largest absolute Gasteiger partial charge is 0.383 e. The van der Waals surface area contributed by atoms with Crippen molar-refractivity contribution in [3.63, 3.8) is 0 Å². The Morgan fingerprint density at radius 2 is 1.88 bits per heavy atom. The normalized spacial score (nSPS) is 15.9. The van der Waals surface area contributed by atoms with E-state index in [1.165, 1.54) is 17.7 Å². The molecule has 0 heterocycles. The van der Waals surface area contributed by atoms with Crippen molar-refractivity contribution < 1.29 is 9.72 Å². The quantitative estimate of drug-likeness (QED) is 0.481. The van der Waals surface area contributed by atoms with Crippen molar-refractivity contribution in [3.8, 4) is 0 Å². The highest BCUT2D eigenvalue weighted by Gasteiger charge is 2.25. The summed E-state index contributed by atoms with van der Waals surface area (Å²) in [5, 5.41) is 16.8. The predicted molar refractivity (Wildman–Crippen MR) is 96.7 cm³/mol. The summed E-state index contributed by atoms with van der Waals surface area (Å²) in [5.74, 6) is 0.00183. The van der Waals surface area contributed by atoms with Crippen LogP contribution in [-0.2, 0) is 11.2 Å². The maximum Gasteiger partial charge on any atom is 0.269 e. The summed E-state index contributed by atoms with van der Waals surface area (Å²) in [5.41, 5.74) is 3.28. The summed E-state index contributed by atoms with van der Waals surface area (Å²) in [4.78, 5) is 22.7. The third kappa shape index (κ3) is 4.15. The molecule has 0 aliphatic heterocycles. The van der Waals surface area contributed by atoms with Gasteiger partial charge in [0.25, 0.3) is 5.69 Å². The van der Waals surface area contributed by atoms with Crippen molar-refractivity contribution >= 4 is 17.3 Å². The Balaban J connectivity index is 1.48. The number of nitrogens with one attached hydrogen (secondary N) is 2. The van der Waals surface area contributed by atoms with Gasteiger partial charge in [-0.1, -0.05) is 24.3 Å². The number of anilines is 1. The third-order valence-electron chi connectivity index (χ3n) is 4.52. The molecule has 130 valence electrons. The summed E-state index contributed by atoms with van der Waals surface area (Å²) in [7, 11) is 0. The third-order valence-corrected chi connectivity index (χ3v) is 4.52. The monoisotopic (exact) mass is 339 g/mol. The first kappa shape index (κ1) is 17.0. The second-order valence-electron chi connectivity index (χ2n) is 6.17. The van der Waals surface area contributed by atoms with Gasteiger partial charge in [-0.15, -0.1) is 0 Å². The molecule has 6 heteroatoms. The maximum atomic E-state index is 12.5. The molecule has 0 radical (unpaired) electrons. The molecular formula is C19H21N3O3. The fourth-order valence-corrected chi connectivity index (χ4v) is 3.24. The summed E-state index contributed by atoms with van der Waals surface area (Å²) in [6.07, 6.45) is 2.97. The fraction of sp³-hybridized carbons (Fsp3) is 0.316. The molecule has 1 unspecified atom stereocenters. The van der Waals surface area contributed by atoms with Crippen LogP contribution in [0.25, 0.3) is 0 Å². The van der Waals surface area contributed by atoms with Gasteiger partial charge in [0.1, 0.15) is 0 Å². The zero-order valence-corrected chi connectivity index (χ0v) is 13.9. The number of rotatable bonds is 6. The van der Waals surface area contributed by atoms with Crippen LogP contribution in [0.1, 0.15) is 29.9 Å². The number of nitrogens with zero attached hydrogens (tertiary/aromatic N) is 1. The Morgan fingerprint density at radius 3 is 2.64 bits per heavy atom. The van der Waals surface area contributed by atoms with Crippen LogP contribution >= 0.6 is 0 Å². The number of fused-ring (bicyclic) bond motifs is 1. The van der Waals surface area contributed by atoms with Crippen LogP contribution in [-0.4, -0.2) is 23.9 Å². The van der Waals surface area contributed by atoms with Crippen LogP contribution < -0.4 is 10.6 Å². The lowest BCUT2D eigenvalue weighted by molar-refractivity contribution is -0.384. The lowest BCUT2D eigenvalue weighted by Crippen LogP contribution is -2.34. The van der Waals surface area contributed by atoms with E-state index in [9.17, 15) is 14.9 Å². The van der Waals surface area contributed by atoms with Crippen LogP contribution in [0.3, 0.4) is 0 Å². The van der Waals surface area contributed by atoms with Gasteiger partial charge in [-0.25, -0.2) is 0 Å². The predicted octanol–water partition coefficient (Wildman–Crippen LogP) is 3.24. The Kier molecular flexibility index (Phi) is 5.28. The number of carbonyl (C=O) groups excluding carboxylic acids is 1. The van der Waals surface area contributed by atoms with Gasteiger partial charge in [0.2, 0.25) is 5.91 Å². The molecular weight excluding hydrogens is 318 g/mol. The van der Waals surface area contributed by atoms with E-state index < -0.39 is 4.92 Å². The van der Waals surface area contributed by atoms with Gasteiger partial charge in [-0.2, -0.15) is 0 Å². The van der Waals surface area contributed by atoms with E-state index in [4.69, 9.17) is 0 Å². The molecule has 2 N–H and O–H groups in total. The lowest BCUT2D eigenvalue weighted by Gasteiger charge is -2.24. The Labute approximate surface area is 146 Å². The summed E-state index contributed by atoms with van der Waals surface area (Å²) in [6, 6.07) is 14.4. The Hall–Kier alpha value is -2.89. The van der Waals surface area contributed by atoms with Crippen molar-refractivity contribution in [2.75, 3.05) is 18.4 Å². The van der Waals surface area contributed by atoms with Crippen molar-refractivity contribution in [3.05, 3.63) is 69.8 Å². The lowest BCUT2D eigenvalue weighted by atomic mass is 9.82. The van der Waals surface area contributed by atoms with Crippen LogP contribution in [0, 0.1) is 10.1 Å². The van der Waals surface area contributed by atoms with Gasteiger partial charge in [-0.3, -0.25) is 14.9 Å². The number of amides is 1. The molecule has 0 aromatic heterocycles. The van der Waals surface area contributed by atoms with Crippen molar-refractivity contribution in [1.82, 2.24) is 5.32 Å². The molecule has 25 heavy (non-hydrogen) atoms. The van der Waals surface area contributed by atoms with E-state index in [1.54, 1.807) is 12.1 Å². The van der Waals surface area contributed by atoms with Gasteiger partial charge in [-0.05, 0) is 42.5 Å². The molecule has 0 bridgehead atoms. The number of aryl methyl sites for hydroxylation is 1. The standard InChI is InChI=1S/C19H21N3O3/c23-19(18-7-3-5-14-4-1-2-6-17(14)18)21-13-12-20-15-8-10-16(11-9-15)22(24)25/h1-2,4,6,8-11,18,20H,3,5,7,12-13H2,(H,21,23). The summed E-state index contributed by atoms with van der Waals surface area (Å²) in [6.45, 7) is 1.08. The minimum Gasteiger partial charge on any atom is -0.383 e. The first-order chi connectivity index (χ1) is 12.1. The number of hydrogen-bond acceptors (Lipinski definition) is 4. The van der Waals surface area contributed by atoms with Crippen LogP contribution in [0.2, 0.25) is 0 Å². The first-order valence-corrected chi connectivity index (χ1v) is 8.49. The molecule has 2 aromatic rings. The zero-order chi connectivity index (χ0) is 17.6. The van der Waals surface area contributed by atoms with Crippen molar-refractivity contribution in [2.24, 2.45) is 0 Å². The molecule has 0 spiro atoms. The first-order valence-electron chi connectivity index (χ1n) is 8.49. The minimum atomic E-state index is -0.425. The van der Waals surface area contributed by atoms with E-state index in [1.807, 2.05) is 18.2 Å². The molecule has 1 amide bonds. The summed E-state index contributed by atoms with van der Waals surface area (Å²) >= 11 is 0. The smallest absolute Gasteiger partial charge is 0.269 e. The van der Waals surface area contributed by atoms with Gasteiger partial charge < -0.3 is 10.6 Å². The molecule has 1 aliphatic carbocycles. The van der Waals surface area contributed by atoms with Crippen LogP contribution in [0.4, 0.5) is 11.4 Å². The average molecular weight is 339 g/mol. The maximum absolute atomic E-state index is 12.5. The van der Waals surface area contributed by atoms with Crippen molar-refractivity contribution in [1.29, 1.82) is 0 Å². The van der Waals surface area contributed by atoms with Gasteiger partial charge in [0.15, 0.2) is 0 Å². The van der Waals surface area contributed by atoms with Gasteiger partial charge in [0.05, 0.1) is 10.8 Å². The second-order valence-corrected chi connectivity index (χ2v) is 6.17. The van der Waals surface area contributed by atoms with Crippen LogP contribution in [0.15, 0.2) is 48.5 Å². The molecule has 0 fully saturated rings. The number of hydrogen-bond donors (Lipinski definition) is 2. The van der Waals surface area contributed by atoms with Gasteiger partial charge in [0, 0.05) is 30.9 Å². The molecule has 0 saturated carbocycles. The van der Waals surface area contributed by atoms with E-state index in [-0.39, 0.29) is 17.5 Å². The Bertz CT molecular complexity index is 759. The van der Waals surface area contributed by atoms with E-state index >= 15 is 0 Å². The molecule has 1 aliphatic rings. The van der Waals surface area contributed by atoms with E-state index in [0.29, 0.717) is 13.1 Å². The minimum absolute atomic E-state index is 0.0646. The number of nitro benzene ring substituents is 1. The molecule has 3 rings (SSSR count). The second kappa shape index (κ2) is 7.79. The SMILES string of the molecule is O=C(NCCNc1ccc([N+](=O)[O-])cc1)C1CCCc2ccccc21. The average Bonchev–Trinajstić information content (AvgIpc) is 2.65. The number of carbonyl (C=O) groups is 1. The van der Waals surface area contributed by atoms with Crippen molar-refractivity contribution in [2.45, 2.75) is 25.2 Å². The highest BCUT2D eigenvalue weighted by atomic mass is 16.6.